The standard InChI is InChI=1S/C14H22N2O4S/c1-10(2)12(15)9-16-21(17,18)11-4-5-13-14(8-11)20-7-3-6-19-13/h4-5,8,10,12,16H,3,6-7,9,15H2,1-2H3. The summed E-state index contributed by atoms with van der Waals surface area (Å²) in [5.41, 5.74) is 5.86. The van der Waals surface area contributed by atoms with E-state index in [0.717, 1.165) is 6.42 Å². The molecule has 1 aliphatic heterocycles. The van der Waals surface area contributed by atoms with E-state index in [0.29, 0.717) is 24.7 Å². The maximum absolute atomic E-state index is 12.3. The van der Waals surface area contributed by atoms with Crippen molar-refractivity contribution in [2.75, 3.05) is 19.8 Å². The summed E-state index contributed by atoms with van der Waals surface area (Å²) in [5.74, 6) is 1.24. The number of fused-ring (bicyclic) bond motifs is 1. The molecule has 0 aromatic heterocycles. The second kappa shape index (κ2) is 6.64. The molecule has 0 saturated heterocycles. The van der Waals surface area contributed by atoms with Gasteiger partial charge in [0.2, 0.25) is 10.0 Å². The molecule has 3 N–H and O–H groups in total. The lowest BCUT2D eigenvalue weighted by molar-refractivity contribution is 0.297. The Morgan fingerprint density at radius 3 is 2.57 bits per heavy atom. The van der Waals surface area contributed by atoms with Gasteiger partial charge in [0.1, 0.15) is 0 Å². The molecule has 0 fully saturated rings. The zero-order valence-electron chi connectivity index (χ0n) is 12.3. The van der Waals surface area contributed by atoms with Gasteiger partial charge in [-0.2, -0.15) is 0 Å². The van der Waals surface area contributed by atoms with Crippen molar-refractivity contribution >= 4 is 10.0 Å². The van der Waals surface area contributed by atoms with Crippen molar-refractivity contribution in [3.05, 3.63) is 18.2 Å². The number of hydrogen-bond acceptors (Lipinski definition) is 5. The van der Waals surface area contributed by atoms with Crippen molar-refractivity contribution < 1.29 is 17.9 Å². The van der Waals surface area contributed by atoms with Crippen LogP contribution in [0.3, 0.4) is 0 Å². The maximum atomic E-state index is 12.3. The third-order valence-electron chi connectivity index (χ3n) is 3.39. The summed E-state index contributed by atoms with van der Waals surface area (Å²) < 4.78 is 38.1. The Labute approximate surface area is 125 Å². The Balaban J connectivity index is 2.15. The first kappa shape index (κ1) is 16.1. The molecular formula is C14H22N2O4S. The molecule has 21 heavy (non-hydrogen) atoms. The largest absolute Gasteiger partial charge is 0.490 e. The van der Waals surface area contributed by atoms with Gasteiger partial charge in [-0.1, -0.05) is 13.8 Å². The molecule has 118 valence electrons. The number of nitrogens with two attached hydrogens (primary N) is 1. The SMILES string of the molecule is CC(C)C(N)CNS(=O)(=O)c1ccc2c(c1)OCCCO2. The molecule has 6 nitrogen and oxygen atoms in total. The van der Waals surface area contributed by atoms with Crippen LogP contribution < -0.4 is 19.9 Å². The van der Waals surface area contributed by atoms with Crippen LogP contribution in [0.1, 0.15) is 20.3 Å². The fourth-order valence-electron chi connectivity index (χ4n) is 1.84. The molecule has 1 atom stereocenters. The lowest BCUT2D eigenvalue weighted by Crippen LogP contribution is -2.40. The molecule has 0 aliphatic carbocycles. The number of hydrogen-bond donors (Lipinski definition) is 2. The fraction of sp³-hybridized carbons (Fsp3) is 0.571. The summed E-state index contributed by atoms with van der Waals surface area (Å²) in [6, 6.07) is 4.40. The van der Waals surface area contributed by atoms with E-state index in [1.54, 1.807) is 6.07 Å². The Kier molecular flexibility index (Phi) is 5.08. The van der Waals surface area contributed by atoms with E-state index in [2.05, 4.69) is 4.72 Å². The van der Waals surface area contributed by atoms with E-state index < -0.39 is 10.0 Å². The van der Waals surface area contributed by atoms with Crippen LogP contribution in [0, 0.1) is 5.92 Å². The molecule has 1 aromatic carbocycles. The van der Waals surface area contributed by atoms with Crippen molar-refractivity contribution in [1.29, 1.82) is 0 Å². The highest BCUT2D eigenvalue weighted by Crippen LogP contribution is 2.31. The number of sulfonamides is 1. The normalized spacial score (nSPS) is 16.6. The highest BCUT2D eigenvalue weighted by molar-refractivity contribution is 7.89. The summed E-state index contributed by atoms with van der Waals surface area (Å²) in [7, 11) is -3.60. The third kappa shape index (κ3) is 4.09. The van der Waals surface area contributed by atoms with Gasteiger partial charge in [0.15, 0.2) is 11.5 Å². The predicted molar refractivity (Wildman–Crippen MR) is 80.1 cm³/mol. The summed E-state index contributed by atoms with van der Waals surface area (Å²) >= 11 is 0. The minimum atomic E-state index is -3.60. The molecule has 1 unspecified atom stereocenters. The zero-order valence-corrected chi connectivity index (χ0v) is 13.2. The molecule has 1 aliphatic rings. The Hall–Kier alpha value is -1.31. The van der Waals surface area contributed by atoms with Crippen LogP contribution in [0.2, 0.25) is 0 Å². The average Bonchev–Trinajstić information content (AvgIpc) is 2.69. The summed E-state index contributed by atoms with van der Waals surface area (Å²) in [4.78, 5) is 0.155. The van der Waals surface area contributed by atoms with Crippen molar-refractivity contribution in [3.8, 4) is 11.5 Å². The second-order valence-corrected chi connectivity index (χ2v) is 7.19. The number of ether oxygens (including phenoxy) is 2. The fourth-order valence-corrected chi connectivity index (χ4v) is 2.92. The van der Waals surface area contributed by atoms with E-state index in [-0.39, 0.29) is 23.4 Å². The van der Waals surface area contributed by atoms with E-state index in [4.69, 9.17) is 15.2 Å². The molecule has 0 saturated carbocycles. The molecule has 1 heterocycles. The average molecular weight is 314 g/mol. The second-order valence-electron chi connectivity index (χ2n) is 5.42. The highest BCUT2D eigenvalue weighted by Gasteiger charge is 2.20. The van der Waals surface area contributed by atoms with Gasteiger partial charge in [0, 0.05) is 25.1 Å². The lowest BCUT2D eigenvalue weighted by atomic mass is 10.1. The quantitative estimate of drug-likeness (QED) is 0.849. The molecule has 0 amide bonds. The van der Waals surface area contributed by atoms with Crippen LogP contribution in [0.15, 0.2) is 23.1 Å². The molecular weight excluding hydrogens is 292 g/mol. The highest BCUT2D eigenvalue weighted by atomic mass is 32.2. The predicted octanol–water partition coefficient (Wildman–Crippen LogP) is 1.11. The van der Waals surface area contributed by atoms with Crippen LogP contribution in [0.5, 0.6) is 11.5 Å². The smallest absolute Gasteiger partial charge is 0.240 e. The minimum Gasteiger partial charge on any atom is -0.490 e. The van der Waals surface area contributed by atoms with Crippen molar-refractivity contribution in [3.63, 3.8) is 0 Å². The monoisotopic (exact) mass is 314 g/mol. The van der Waals surface area contributed by atoms with Crippen molar-refractivity contribution in [2.45, 2.75) is 31.2 Å². The van der Waals surface area contributed by atoms with Gasteiger partial charge < -0.3 is 15.2 Å². The first-order valence-electron chi connectivity index (χ1n) is 7.05. The number of nitrogens with one attached hydrogen (secondary N) is 1. The van der Waals surface area contributed by atoms with Crippen LogP contribution in [-0.4, -0.2) is 34.2 Å². The molecule has 1 aromatic rings. The first-order valence-corrected chi connectivity index (χ1v) is 8.53. The number of rotatable bonds is 5. The summed E-state index contributed by atoms with van der Waals surface area (Å²) in [5, 5.41) is 0. The van der Waals surface area contributed by atoms with Crippen LogP contribution in [0.25, 0.3) is 0 Å². The van der Waals surface area contributed by atoms with Crippen LogP contribution in [-0.2, 0) is 10.0 Å². The Bertz CT molecular complexity index is 587. The van der Waals surface area contributed by atoms with E-state index in [9.17, 15) is 8.42 Å². The van der Waals surface area contributed by atoms with Gasteiger partial charge in [-0.05, 0) is 18.1 Å². The van der Waals surface area contributed by atoms with Crippen LogP contribution >= 0.6 is 0 Å². The zero-order chi connectivity index (χ0) is 15.5. The molecule has 7 heteroatoms. The third-order valence-corrected chi connectivity index (χ3v) is 4.82. The lowest BCUT2D eigenvalue weighted by Gasteiger charge is -2.16. The minimum absolute atomic E-state index is 0.155. The van der Waals surface area contributed by atoms with Gasteiger partial charge in [-0.3, -0.25) is 0 Å². The molecule has 0 spiro atoms. The van der Waals surface area contributed by atoms with E-state index >= 15 is 0 Å². The molecule has 0 radical (unpaired) electrons. The van der Waals surface area contributed by atoms with Crippen molar-refractivity contribution in [2.24, 2.45) is 11.7 Å². The summed E-state index contributed by atoms with van der Waals surface area (Å²) in [6.07, 6.45) is 0.776. The van der Waals surface area contributed by atoms with Gasteiger partial charge >= 0.3 is 0 Å². The van der Waals surface area contributed by atoms with E-state index in [1.807, 2.05) is 13.8 Å². The topological polar surface area (TPSA) is 90.7 Å². The number of benzene rings is 1. The first-order chi connectivity index (χ1) is 9.90. The van der Waals surface area contributed by atoms with Gasteiger partial charge in [0.25, 0.3) is 0 Å². The van der Waals surface area contributed by atoms with Gasteiger partial charge in [-0.15, -0.1) is 0 Å². The van der Waals surface area contributed by atoms with Crippen LogP contribution in [0.4, 0.5) is 0 Å². The molecule has 2 rings (SSSR count). The van der Waals surface area contributed by atoms with E-state index in [1.165, 1.54) is 12.1 Å². The Morgan fingerprint density at radius 2 is 1.90 bits per heavy atom. The van der Waals surface area contributed by atoms with Crippen molar-refractivity contribution in [1.82, 2.24) is 4.72 Å². The molecule has 0 bridgehead atoms. The van der Waals surface area contributed by atoms with Gasteiger partial charge in [-0.25, -0.2) is 13.1 Å². The van der Waals surface area contributed by atoms with Gasteiger partial charge in [0.05, 0.1) is 18.1 Å². The maximum Gasteiger partial charge on any atom is 0.240 e. The Morgan fingerprint density at radius 1 is 1.24 bits per heavy atom. The summed E-state index contributed by atoms with van der Waals surface area (Å²) in [6.45, 7) is 5.19.